The molecule has 0 aliphatic heterocycles. The Morgan fingerprint density at radius 3 is 1.89 bits per heavy atom. The monoisotopic (exact) mass is 518 g/mol. The van der Waals surface area contributed by atoms with Gasteiger partial charge in [0.25, 0.3) is 5.60 Å². The van der Waals surface area contributed by atoms with E-state index in [0.29, 0.717) is 0 Å². The van der Waals surface area contributed by atoms with Gasteiger partial charge in [0.2, 0.25) is 0 Å². The first-order valence-electron chi connectivity index (χ1n) is 11.9. The average Bonchev–Trinajstić information content (AvgIpc) is 2.74. The first-order valence-corrected chi connectivity index (χ1v) is 14.8. The molecule has 1 aromatic carbocycles. The number of ketones is 1. The van der Waals surface area contributed by atoms with Crippen molar-refractivity contribution in [1.82, 2.24) is 0 Å². The molecule has 0 heterocycles. The number of esters is 1. The fraction of sp³-hybridized carbons (Fsp3) is 0.692. The molecule has 0 saturated carbocycles. The van der Waals surface area contributed by atoms with E-state index in [-0.39, 0.29) is 17.4 Å². The predicted molar refractivity (Wildman–Crippen MR) is 132 cm³/mol. The zero-order chi connectivity index (χ0) is 27.4. The number of hydrogen-bond acceptors (Lipinski definition) is 5. The highest BCUT2D eigenvalue weighted by atomic mass is 28.4. The van der Waals surface area contributed by atoms with E-state index in [0.717, 1.165) is 19.2 Å². The van der Waals surface area contributed by atoms with Crippen LogP contribution < -0.4 is 0 Å². The molecule has 0 N–H and O–H groups in total. The molecular formula is C26H41F3O5Si. The molecule has 0 spiro atoms. The van der Waals surface area contributed by atoms with Crippen molar-refractivity contribution in [3.05, 3.63) is 35.9 Å². The van der Waals surface area contributed by atoms with Crippen molar-refractivity contribution in [3.8, 4) is 0 Å². The highest BCUT2D eigenvalue weighted by Crippen LogP contribution is 2.44. The van der Waals surface area contributed by atoms with Gasteiger partial charge >= 0.3 is 12.1 Å². The minimum atomic E-state index is -5.08. The summed E-state index contributed by atoms with van der Waals surface area (Å²) in [4.78, 5) is 26.3. The summed E-state index contributed by atoms with van der Waals surface area (Å²) in [6, 6.07) is 6.64. The number of methoxy groups -OCH3 is 1. The minimum Gasteiger partial charge on any atom is -0.459 e. The van der Waals surface area contributed by atoms with Crippen LogP contribution in [-0.2, 0) is 29.1 Å². The van der Waals surface area contributed by atoms with Crippen LogP contribution in [0.3, 0.4) is 0 Å². The Labute approximate surface area is 208 Å². The summed E-state index contributed by atoms with van der Waals surface area (Å²) in [5.41, 5.74) is -3.70. The Morgan fingerprint density at radius 2 is 1.49 bits per heavy atom. The molecule has 200 valence electrons. The van der Waals surface area contributed by atoms with Crippen LogP contribution in [0.1, 0.15) is 54.0 Å². The molecule has 0 saturated heterocycles. The molecule has 0 radical (unpaired) electrons. The van der Waals surface area contributed by atoms with Crippen molar-refractivity contribution in [2.24, 2.45) is 17.8 Å². The van der Waals surface area contributed by atoms with Crippen LogP contribution in [0.4, 0.5) is 13.2 Å². The van der Waals surface area contributed by atoms with Crippen molar-refractivity contribution in [1.29, 1.82) is 0 Å². The lowest BCUT2D eigenvalue weighted by molar-refractivity contribution is -0.279. The normalized spacial score (nSPS) is 17.4. The summed E-state index contributed by atoms with van der Waals surface area (Å²) in [7, 11) is -1.27. The topological polar surface area (TPSA) is 61.8 Å². The standard InChI is InChI=1S/C26H41F3O5Si/c1-17(2)22(19(4)21(30)18(3)16-33-35(9,10)24(5,6)7)34-23(31)25(32-8,26(27,28)29)20-14-12-11-13-15-20/h11-15,17-19,22H,16H2,1-10H3/t18-,19-,22-,25+/m0/s1. The number of carbonyl (C=O) groups excluding carboxylic acids is 2. The quantitative estimate of drug-likeness (QED) is 0.246. The summed E-state index contributed by atoms with van der Waals surface area (Å²) in [6.45, 7) is 17.3. The maximum absolute atomic E-state index is 14.3. The fourth-order valence-corrected chi connectivity index (χ4v) is 4.75. The summed E-state index contributed by atoms with van der Waals surface area (Å²) >= 11 is 0. The second-order valence-corrected chi connectivity index (χ2v) is 15.8. The van der Waals surface area contributed by atoms with Crippen LogP contribution in [0.25, 0.3) is 0 Å². The number of carbonyl (C=O) groups is 2. The molecule has 1 rings (SSSR count). The highest BCUT2D eigenvalue weighted by Gasteiger charge is 2.64. The second kappa shape index (κ2) is 11.6. The largest absolute Gasteiger partial charge is 0.459 e. The zero-order valence-corrected chi connectivity index (χ0v) is 23.6. The smallest absolute Gasteiger partial charge is 0.432 e. The number of ether oxygens (including phenoxy) is 2. The second-order valence-electron chi connectivity index (χ2n) is 11.0. The van der Waals surface area contributed by atoms with Crippen LogP contribution >= 0.6 is 0 Å². The molecule has 0 aromatic heterocycles. The van der Waals surface area contributed by atoms with Crippen LogP contribution in [-0.4, -0.2) is 46.1 Å². The number of Topliss-reactive ketones (excluding diaryl/α,β-unsaturated/α-hetero) is 1. The Balaban J connectivity index is 3.18. The van der Waals surface area contributed by atoms with Crippen LogP contribution in [0.2, 0.25) is 18.1 Å². The molecule has 0 bridgehead atoms. The molecule has 1 aromatic rings. The van der Waals surface area contributed by atoms with Gasteiger partial charge in [-0.05, 0) is 24.1 Å². The van der Waals surface area contributed by atoms with Crippen molar-refractivity contribution >= 4 is 20.1 Å². The van der Waals surface area contributed by atoms with Gasteiger partial charge in [-0.3, -0.25) is 4.79 Å². The average molecular weight is 519 g/mol. The molecule has 0 unspecified atom stereocenters. The molecule has 0 fully saturated rings. The lowest BCUT2D eigenvalue weighted by Crippen LogP contribution is -2.53. The van der Waals surface area contributed by atoms with E-state index >= 15 is 0 Å². The molecule has 5 nitrogen and oxygen atoms in total. The minimum absolute atomic E-state index is 0.0318. The number of halogens is 3. The lowest BCUT2D eigenvalue weighted by atomic mass is 9.86. The van der Waals surface area contributed by atoms with Crippen LogP contribution in [0.15, 0.2) is 30.3 Å². The summed E-state index contributed by atoms with van der Waals surface area (Å²) in [5, 5.41) is -0.0318. The van der Waals surface area contributed by atoms with Gasteiger partial charge in [0, 0.05) is 25.2 Å². The number of rotatable bonds is 11. The van der Waals surface area contributed by atoms with Gasteiger partial charge in [0.15, 0.2) is 8.32 Å². The van der Waals surface area contributed by atoms with E-state index in [1.165, 1.54) is 18.2 Å². The SMILES string of the molecule is CO[C@@](C(=O)O[C@@H](C(C)C)[C@@H](C)C(=O)[C@@H](C)CO[Si](C)(C)C(C)(C)C)(c1ccccc1)C(F)(F)F. The summed E-state index contributed by atoms with van der Waals surface area (Å²) in [6.07, 6.45) is -6.16. The Morgan fingerprint density at radius 1 is 0.971 bits per heavy atom. The summed E-state index contributed by atoms with van der Waals surface area (Å²) in [5.74, 6) is -3.59. The highest BCUT2D eigenvalue weighted by molar-refractivity contribution is 6.74. The first kappa shape index (κ1) is 31.3. The molecule has 0 aliphatic rings. The lowest BCUT2D eigenvalue weighted by Gasteiger charge is -2.38. The van der Waals surface area contributed by atoms with E-state index in [2.05, 4.69) is 33.9 Å². The van der Waals surface area contributed by atoms with Crippen LogP contribution in [0.5, 0.6) is 0 Å². The van der Waals surface area contributed by atoms with Gasteiger partial charge in [-0.25, -0.2) is 4.79 Å². The molecule has 4 atom stereocenters. The van der Waals surface area contributed by atoms with Gasteiger partial charge < -0.3 is 13.9 Å². The molecule has 0 aliphatic carbocycles. The maximum atomic E-state index is 14.3. The van der Waals surface area contributed by atoms with E-state index in [1.807, 2.05) is 0 Å². The zero-order valence-electron chi connectivity index (χ0n) is 22.6. The van der Waals surface area contributed by atoms with E-state index < -0.39 is 55.5 Å². The third kappa shape index (κ3) is 6.95. The molecule has 0 amide bonds. The summed E-state index contributed by atoms with van der Waals surface area (Å²) < 4.78 is 59.2. The third-order valence-electron chi connectivity index (χ3n) is 7.00. The van der Waals surface area contributed by atoms with Crippen molar-refractivity contribution in [2.75, 3.05) is 13.7 Å². The third-order valence-corrected chi connectivity index (χ3v) is 11.5. The van der Waals surface area contributed by atoms with Crippen molar-refractivity contribution in [3.63, 3.8) is 0 Å². The van der Waals surface area contributed by atoms with E-state index in [1.54, 1.807) is 27.7 Å². The van der Waals surface area contributed by atoms with E-state index in [4.69, 9.17) is 13.9 Å². The predicted octanol–water partition coefficient (Wildman–Crippen LogP) is 6.52. The number of alkyl halides is 3. The van der Waals surface area contributed by atoms with Gasteiger partial charge in [-0.15, -0.1) is 0 Å². The Kier molecular flexibility index (Phi) is 10.3. The van der Waals surface area contributed by atoms with E-state index in [9.17, 15) is 22.8 Å². The molecule has 9 heteroatoms. The molecular weight excluding hydrogens is 477 g/mol. The van der Waals surface area contributed by atoms with Gasteiger partial charge in [0.05, 0.1) is 5.92 Å². The van der Waals surface area contributed by atoms with Crippen LogP contribution in [0, 0.1) is 17.8 Å². The number of hydrogen-bond donors (Lipinski definition) is 0. The Hall–Kier alpha value is -1.71. The van der Waals surface area contributed by atoms with Gasteiger partial charge in [-0.1, -0.05) is 78.8 Å². The fourth-order valence-electron chi connectivity index (χ4n) is 3.65. The Bertz CT molecular complexity index is 849. The van der Waals surface area contributed by atoms with Crippen molar-refractivity contribution in [2.45, 2.75) is 84.5 Å². The molecule has 35 heavy (non-hydrogen) atoms. The van der Waals surface area contributed by atoms with Gasteiger partial charge in [-0.2, -0.15) is 13.2 Å². The maximum Gasteiger partial charge on any atom is 0.432 e. The van der Waals surface area contributed by atoms with Crippen molar-refractivity contribution < 1.29 is 36.7 Å². The first-order chi connectivity index (χ1) is 15.8. The number of benzene rings is 1. The van der Waals surface area contributed by atoms with Gasteiger partial charge in [0.1, 0.15) is 11.9 Å².